The van der Waals surface area contributed by atoms with Gasteiger partial charge in [-0.05, 0) is 35.7 Å². The Morgan fingerprint density at radius 2 is 2.33 bits per heavy atom. The van der Waals surface area contributed by atoms with Crippen molar-refractivity contribution in [3.8, 4) is 0 Å². The number of rotatable bonds is 3. The van der Waals surface area contributed by atoms with Crippen molar-refractivity contribution in [1.29, 1.82) is 0 Å². The Labute approximate surface area is 116 Å². The molecule has 1 aliphatic rings. The lowest BCUT2D eigenvalue weighted by molar-refractivity contribution is -0.104. The van der Waals surface area contributed by atoms with E-state index in [1.54, 1.807) is 0 Å². The molecule has 0 spiro atoms. The van der Waals surface area contributed by atoms with Crippen molar-refractivity contribution in [2.45, 2.75) is 51.2 Å². The normalized spacial score (nSPS) is 28.6. The quantitative estimate of drug-likeness (QED) is 0.931. The summed E-state index contributed by atoms with van der Waals surface area (Å²) in [6.07, 6.45) is 3.16. The van der Waals surface area contributed by atoms with Crippen LogP contribution in [0.2, 0.25) is 0 Å². The first-order valence-corrected chi connectivity index (χ1v) is 7.26. The highest BCUT2D eigenvalue weighted by Gasteiger charge is 2.36. The summed E-state index contributed by atoms with van der Waals surface area (Å²) in [5.41, 5.74) is 1.36. The van der Waals surface area contributed by atoms with Gasteiger partial charge in [0.2, 0.25) is 0 Å². The smallest absolute Gasteiger partial charge is 0.0749 e. The fraction of sp³-hybridized carbons (Fsp3) is 0.769. The van der Waals surface area contributed by atoms with Gasteiger partial charge in [-0.25, -0.2) is 0 Å². The molecule has 5 heteroatoms. The van der Waals surface area contributed by atoms with Crippen molar-refractivity contribution >= 4 is 15.9 Å². The number of ether oxygens (including phenoxy) is 1. The molecule has 1 aromatic rings. The zero-order valence-electron chi connectivity index (χ0n) is 11.2. The third-order valence-corrected chi connectivity index (χ3v) is 4.77. The van der Waals surface area contributed by atoms with E-state index in [4.69, 9.17) is 4.74 Å². The largest absolute Gasteiger partial charge is 0.389 e. The zero-order valence-corrected chi connectivity index (χ0v) is 12.8. The number of nitrogens with zero attached hydrogens (tertiary/aromatic N) is 2. The molecule has 0 radical (unpaired) electrons. The molecule has 18 heavy (non-hydrogen) atoms. The molecule has 2 unspecified atom stereocenters. The molecular formula is C13H21BrN2O2. The van der Waals surface area contributed by atoms with E-state index in [0.29, 0.717) is 25.9 Å². The Hall–Kier alpha value is -0.390. The summed E-state index contributed by atoms with van der Waals surface area (Å²) in [7, 11) is 1.92. The van der Waals surface area contributed by atoms with Crippen LogP contribution in [-0.4, -0.2) is 33.2 Å². The molecule has 4 nitrogen and oxygen atoms in total. The predicted molar refractivity (Wildman–Crippen MR) is 73.6 cm³/mol. The summed E-state index contributed by atoms with van der Waals surface area (Å²) in [6, 6.07) is 0. The second kappa shape index (κ2) is 5.31. The molecule has 0 amide bonds. The van der Waals surface area contributed by atoms with E-state index in [1.807, 2.05) is 18.7 Å². The Morgan fingerprint density at radius 3 is 2.89 bits per heavy atom. The minimum absolute atomic E-state index is 0.178. The summed E-state index contributed by atoms with van der Waals surface area (Å²) in [6.45, 7) is 4.71. The van der Waals surface area contributed by atoms with Crippen LogP contribution < -0.4 is 0 Å². The van der Waals surface area contributed by atoms with Gasteiger partial charge < -0.3 is 9.84 Å². The molecule has 0 bridgehead atoms. The molecule has 102 valence electrons. The van der Waals surface area contributed by atoms with Crippen LogP contribution in [-0.2, 0) is 18.2 Å². The van der Waals surface area contributed by atoms with Crippen LogP contribution in [0.5, 0.6) is 0 Å². The maximum atomic E-state index is 10.7. The van der Waals surface area contributed by atoms with Crippen molar-refractivity contribution in [1.82, 2.24) is 9.78 Å². The van der Waals surface area contributed by atoms with Gasteiger partial charge in [-0.3, -0.25) is 4.68 Å². The maximum Gasteiger partial charge on any atom is 0.0749 e. The molecule has 2 rings (SSSR count). The van der Waals surface area contributed by atoms with Crippen LogP contribution in [0.25, 0.3) is 0 Å². The SMILES string of the molecule is CCC1CC(O)(Cc2c(Br)c(C)nn2C)CCO1. The van der Waals surface area contributed by atoms with E-state index in [9.17, 15) is 5.11 Å². The lowest BCUT2D eigenvalue weighted by Gasteiger charge is -2.36. The fourth-order valence-corrected chi connectivity index (χ4v) is 3.08. The molecule has 1 saturated heterocycles. The molecule has 1 fully saturated rings. The van der Waals surface area contributed by atoms with E-state index in [-0.39, 0.29) is 6.10 Å². The van der Waals surface area contributed by atoms with Crippen LogP contribution in [0.4, 0.5) is 0 Å². The molecule has 0 aromatic carbocycles. The van der Waals surface area contributed by atoms with Crippen molar-refractivity contribution in [2.75, 3.05) is 6.61 Å². The van der Waals surface area contributed by atoms with Crippen molar-refractivity contribution in [3.05, 3.63) is 15.9 Å². The van der Waals surface area contributed by atoms with Gasteiger partial charge in [0.05, 0.1) is 27.6 Å². The van der Waals surface area contributed by atoms with Gasteiger partial charge >= 0.3 is 0 Å². The van der Waals surface area contributed by atoms with Gasteiger partial charge in [0.25, 0.3) is 0 Å². The Balaban J connectivity index is 2.16. The van der Waals surface area contributed by atoms with Gasteiger partial charge in [0.15, 0.2) is 0 Å². The fourth-order valence-electron chi connectivity index (χ4n) is 2.61. The monoisotopic (exact) mass is 316 g/mol. The molecule has 1 aromatic heterocycles. The van der Waals surface area contributed by atoms with Crippen LogP contribution in [0.3, 0.4) is 0 Å². The molecule has 2 heterocycles. The topological polar surface area (TPSA) is 47.3 Å². The van der Waals surface area contributed by atoms with E-state index < -0.39 is 5.60 Å². The third kappa shape index (κ3) is 2.78. The highest BCUT2D eigenvalue weighted by molar-refractivity contribution is 9.10. The van der Waals surface area contributed by atoms with E-state index in [0.717, 1.165) is 22.3 Å². The average Bonchev–Trinajstić information content (AvgIpc) is 2.56. The predicted octanol–water partition coefficient (Wildman–Crippen LogP) is 2.35. The van der Waals surface area contributed by atoms with Crippen LogP contribution in [0.1, 0.15) is 37.6 Å². The van der Waals surface area contributed by atoms with Crippen molar-refractivity contribution in [3.63, 3.8) is 0 Å². The van der Waals surface area contributed by atoms with Crippen LogP contribution in [0, 0.1) is 6.92 Å². The zero-order chi connectivity index (χ0) is 13.3. The number of aromatic nitrogens is 2. The lowest BCUT2D eigenvalue weighted by Crippen LogP contribution is -2.42. The number of hydrogen-bond acceptors (Lipinski definition) is 3. The summed E-state index contributed by atoms with van der Waals surface area (Å²) >= 11 is 3.56. The molecule has 0 saturated carbocycles. The minimum atomic E-state index is -0.665. The Kier molecular flexibility index (Phi) is 4.14. The first-order chi connectivity index (χ1) is 8.45. The number of halogens is 1. The van der Waals surface area contributed by atoms with Gasteiger partial charge in [0.1, 0.15) is 0 Å². The van der Waals surface area contributed by atoms with E-state index >= 15 is 0 Å². The van der Waals surface area contributed by atoms with Gasteiger partial charge in [-0.15, -0.1) is 0 Å². The summed E-state index contributed by atoms with van der Waals surface area (Å²) in [5.74, 6) is 0. The lowest BCUT2D eigenvalue weighted by atomic mass is 9.85. The summed E-state index contributed by atoms with van der Waals surface area (Å²) in [5, 5.41) is 15.1. The minimum Gasteiger partial charge on any atom is -0.389 e. The number of aryl methyl sites for hydroxylation is 2. The molecule has 0 aliphatic carbocycles. The van der Waals surface area contributed by atoms with Gasteiger partial charge in [0, 0.05) is 26.5 Å². The highest BCUT2D eigenvalue weighted by Crippen LogP contribution is 2.32. The first kappa shape index (κ1) is 14.0. The second-order valence-electron chi connectivity index (χ2n) is 5.23. The first-order valence-electron chi connectivity index (χ1n) is 6.47. The van der Waals surface area contributed by atoms with Crippen LogP contribution in [0.15, 0.2) is 4.47 Å². The molecule has 1 N–H and O–H groups in total. The average molecular weight is 317 g/mol. The van der Waals surface area contributed by atoms with E-state index in [1.165, 1.54) is 0 Å². The Bertz CT molecular complexity index is 433. The van der Waals surface area contributed by atoms with Crippen molar-refractivity contribution < 1.29 is 9.84 Å². The molecule has 1 aliphatic heterocycles. The molecular weight excluding hydrogens is 296 g/mol. The second-order valence-corrected chi connectivity index (χ2v) is 6.02. The van der Waals surface area contributed by atoms with Crippen molar-refractivity contribution in [2.24, 2.45) is 7.05 Å². The number of aliphatic hydroxyl groups is 1. The molecule has 2 atom stereocenters. The Morgan fingerprint density at radius 1 is 1.61 bits per heavy atom. The van der Waals surface area contributed by atoms with Gasteiger partial charge in [-0.1, -0.05) is 6.92 Å². The van der Waals surface area contributed by atoms with E-state index in [2.05, 4.69) is 28.0 Å². The summed E-state index contributed by atoms with van der Waals surface area (Å²) < 4.78 is 8.50. The maximum absolute atomic E-state index is 10.7. The van der Waals surface area contributed by atoms with Crippen LogP contribution >= 0.6 is 15.9 Å². The van der Waals surface area contributed by atoms with Gasteiger partial charge in [-0.2, -0.15) is 5.10 Å². The third-order valence-electron chi connectivity index (χ3n) is 3.74. The highest BCUT2D eigenvalue weighted by atomic mass is 79.9. The standard InChI is InChI=1S/C13H21BrN2O2/c1-4-10-7-13(17,5-6-18-10)8-11-12(14)9(2)15-16(11)3/h10,17H,4-8H2,1-3H3. The number of hydrogen-bond donors (Lipinski definition) is 1. The summed E-state index contributed by atoms with van der Waals surface area (Å²) in [4.78, 5) is 0.